The normalized spacial score (nSPS) is 11.1. The Bertz CT molecular complexity index is 427. The van der Waals surface area contributed by atoms with Gasteiger partial charge in [-0.25, -0.2) is 13.8 Å². The topological polar surface area (TPSA) is 55.1 Å². The summed E-state index contributed by atoms with van der Waals surface area (Å²) in [6, 6.07) is 0. The molecular weight excluding hydrogens is 192 g/mol. The molecule has 0 unspecified atom stereocenters. The van der Waals surface area contributed by atoms with Crippen LogP contribution in [0.2, 0.25) is 0 Å². The molecule has 0 bridgehead atoms. The van der Waals surface area contributed by atoms with E-state index in [0.717, 1.165) is 0 Å². The van der Waals surface area contributed by atoms with E-state index in [9.17, 15) is 8.78 Å². The van der Waals surface area contributed by atoms with Crippen molar-refractivity contribution in [2.75, 3.05) is 11.9 Å². The van der Waals surface area contributed by atoms with E-state index in [1.807, 2.05) is 0 Å². The van der Waals surface area contributed by atoms with E-state index in [1.54, 1.807) is 10.6 Å². The van der Waals surface area contributed by atoms with Crippen molar-refractivity contribution in [2.45, 2.75) is 6.43 Å². The molecule has 0 amide bonds. The minimum atomic E-state index is -2.42. The zero-order valence-electron chi connectivity index (χ0n) is 7.06. The summed E-state index contributed by atoms with van der Waals surface area (Å²) in [5, 5.41) is 9.86. The number of aromatic nitrogens is 4. The summed E-state index contributed by atoms with van der Waals surface area (Å²) in [6.07, 6.45) is 2.19. The maximum Gasteiger partial charge on any atom is 0.255 e. The Hall–Kier alpha value is -1.79. The lowest BCUT2D eigenvalue weighted by molar-refractivity contribution is 0.163. The molecule has 0 saturated carbocycles. The van der Waals surface area contributed by atoms with Crippen molar-refractivity contribution < 1.29 is 8.78 Å². The fourth-order valence-corrected chi connectivity index (χ4v) is 1.06. The molecule has 2 aromatic heterocycles. The molecule has 2 heterocycles. The molecule has 2 aromatic rings. The number of rotatable bonds is 3. The number of fused-ring (bicyclic) bond motifs is 1. The summed E-state index contributed by atoms with van der Waals surface area (Å²) >= 11 is 0. The molecule has 0 atom stereocenters. The molecule has 7 heteroatoms. The fraction of sp³-hybridized carbons (Fsp3) is 0.286. The third-order valence-electron chi connectivity index (χ3n) is 1.64. The zero-order valence-corrected chi connectivity index (χ0v) is 7.06. The van der Waals surface area contributed by atoms with Crippen LogP contribution in [0.4, 0.5) is 14.6 Å². The van der Waals surface area contributed by atoms with Gasteiger partial charge in [0.15, 0.2) is 5.82 Å². The molecule has 0 saturated heterocycles. The maximum absolute atomic E-state index is 11.9. The van der Waals surface area contributed by atoms with Gasteiger partial charge in [0.25, 0.3) is 6.43 Å². The van der Waals surface area contributed by atoms with Crippen molar-refractivity contribution in [1.29, 1.82) is 0 Å². The van der Waals surface area contributed by atoms with Crippen molar-refractivity contribution in [1.82, 2.24) is 19.6 Å². The smallest absolute Gasteiger partial charge is 0.255 e. The van der Waals surface area contributed by atoms with Crippen LogP contribution < -0.4 is 5.32 Å². The van der Waals surface area contributed by atoms with Crippen molar-refractivity contribution in [3.8, 4) is 0 Å². The Morgan fingerprint density at radius 3 is 3.14 bits per heavy atom. The monoisotopic (exact) mass is 199 g/mol. The lowest BCUT2D eigenvalue weighted by Crippen LogP contribution is -2.12. The molecule has 0 aromatic carbocycles. The van der Waals surface area contributed by atoms with Gasteiger partial charge in [-0.3, -0.25) is 4.40 Å². The Morgan fingerprint density at radius 2 is 2.36 bits per heavy atom. The number of halogens is 2. The average molecular weight is 199 g/mol. The standard InChI is InChI=1S/C7H7F2N5/c8-5(9)3-11-6-7-13-12-4-14(7)2-1-10-6/h1-2,4-5H,3H2,(H,10,11). The van der Waals surface area contributed by atoms with Crippen molar-refractivity contribution in [3.63, 3.8) is 0 Å². The van der Waals surface area contributed by atoms with Crippen LogP contribution in [0, 0.1) is 0 Å². The lowest BCUT2D eigenvalue weighted by atomic mass is 10.5. The first-order valence-electron chi connectivity index (χ1n) is 3.94. The molecule has 0 aliphatic carbocycles. The van der Waals surface area contributed by atoms with Gasteiger partial charge in [-0.15, -0.1) is 10.2 Å². The summed E-state index contributed by atoms with van der Waals surface area (Å²) in [5.74, 6) is 0.310. The van der Waals surface area contributed by atoms with Crippen LogP contribution in [0.1, 0.15) is 0 Å². The van der Waals surface area contributed by atoms with Gasteiger partial charge in [-0.1, -0.05) is 0 Å². The molecular formula is C7H7F2N5. The van der Waals surface area contributed by atoms with E-state index in [4.69, 9.17) is 0 Å². The van der Waals surface area contributed by atoms with Gasteiger partial charge in [0.2, 0.25) is 5.65 Å². The van der Waals surface area contributed by atoms with E-state index >= 15 is 0 Å². The van der Waals surface area contributed by atoms with Gasteiger partial charge in [0.1, 0.15) is 6.33 Å². The van der Waals surface area contributed by atoms with Gasteiger partial charge in [-0.05, 0) is 0 Å². The van der Waals surface area contributed by atoms with E-state index in [-0.39, 0.29) is 0 Å². The summed E-state index contributed by atoms with van der Waals surface area (Å²) in [4.78, 5) is 3.88. The van der Waals surface area contributed by atoms with Crippen LogP contribution in [0.5, 0.6) is 0 Å². The Balaban J connectivity index is 2.27. The van der Waals surface area contributed by atoms with E-state index < -0.39 is 13.0 Å². The summed E-state index contributed by atoms with van der Waals surface area (Å²) in [7, 11) is 0. The molecule has 2 rings (SSSR count). The molecule has 5 nitrogen and oxygen atoms in total. The second-order valence-electron chi connectivity index (χ2n) is 2.61. The number of nitrogens with one attached hydrogen (secondary N) is 1. The summed E-state index contributed by atoms with van der Waals surface area (Å²) in [6.45, 7) is -0.445. The highest BCUT2D eigenvalue weighted by Gasteiger charge is 2.07. The largest absolute Gasteiger partial charge is 0.361 e. The highest BCUT2D eigenvalue weighted by Crippen LogP contribution is 2.09. The predicted octanol–water partition coefficient (Wildman–Crippen LogP) is 0.801. The van der Waals surface area contributed by atoms with E-state index in [1.165, 1.54) is 12.5 Å². The van der Waals surface area contributed by atoms with Crippen molar-refractivity contribution in [3.05, 3.63) is 18.7 Å². The molecule has 0 aliphatic heterocycles. The Kier molecular flexibility index (Phi) is 2.21. The van der Waals surface area contributed by atoms with Gasteiger partial charge >= 0.3 is 0 Å². The molecule has 0 spiro atoms. The lowest BCUT2D eigenvalue weighted by Gasteiger charge is -2.04. The zero-order chi connectivity index (χ0) is 9.97. The minimum Gasteiger partial charge on any atom is -0.361 e. The number of alkyl halides is 2. The third-order valence-corrected chi connectivity index (χ3v) is 1.64. The fourth-order valence-electron chi connectivity index (χ4n) is 1.06. The quantitative estimate of drug-likeness (QED) is 0.794. The minimum absolute atomic E-state index is 0.310. The highest BCUT2D eigenvalue weighted by atomic mass is 19.3. The van der Waals surface area contributed by atoms with Gasteiger partial charge in [0, 0.05) is 12.4 Å². The molecule has 1 N–H and O–H groups in total. The molecule has 0 aliphatic rings. The van der Waals surface area contributed by atoms with Crippen LogP contribution in [-0.4, -0.2) is 32.6 Å². The van der Waals surface area contributed by atoms with Crippen LogP contribution in [0.3, 0.4) is 0 Å². The summed E-state index contributed by atoms with van der Waals surface area (Å²) in [5.41, 5.74) is 0.438. The molecule has 0 radical (unpaired) electrons. The summed E-state index contributed by atoms with van der Waals surface area (Å²) < 4.78 is 25.4. The third kappa shape index (κ3) is 1.61. The number of nitrogens with zero attached hydrogens (tertiary/aromatic N) is 4. The predicted molar refractivity (Wildman–Crippen MR) is 45.3 cm³/mol. The van der Waals surface area contributed by atoms with Crippen molar-refractivity contribution in [2.24, 2.45) is 0 Å². The van der Waals surface area contributed by atoms with E-state index in [0.29, 0.717) is 11.5 Å². The van der Waals surface area contributed by atoms with Gasteiger partial charge < -0.3 is 5.32 Å². The number of hydrogen-bond acceptors (Lipinski definition) is 4. The van der Waals surface area contributed by atoms with Gasteiger partial charge in [0.05, 0.1) is 6.54 Å². The van der Waals surface area contributed by atoms with Crippen LogP contribution >= 0.6 is 0 Å². The SMILES string of the molecule is FC(F)CNc1nccn2cnnc12. The van der Waals surface area contributed by atoms with Crippen LogP contribution in [0.15, 0.2) is 18.7 Å². The maximum atomic E-state index is 11.9. The van der Waals surface area contributed by atoms with Crippen molar-refractivity contribution >= 4 is 11.5 Å². The number of anilines is 1. The Morgan fingerprint density at radius 1 is 1.50 bits per heavy atom. The first-order valence-corrected chi connectivity index (χ1v) is 3.94. The van der Waals surface area contributed by atoms with E-state index in [2.05, 4.69) is 20.5 Å². The average Bonchev–Trinajstić information content (AvgIpc) is 2.62. The second kappa shape index (κ2) is 3.52. The molecule has 0 fully saturated rings. The molecule has 74 valence electrons. The first kappa shape index (κ1) is 8.79. The highest BCUT2D eigenvalue weighted by molar-refractivity contribution is 5.61. The first-order chi connectivity index (χ1) is 6.77. The molecule has 14 heavy (non-hydrogen) atoms. The van der Waals surface area contributed by atoms with Crippen LogP contribution in [-0.2, 0) is 0 Å². The van der Waals surface area contributed by atoms with Crippen LogP contribution in [0.25, 0.3) is 5.65 Å². The van der Waals surface area contributed by atoms with Gasteiger partial charge in [-0.2, -0.15) is 0 Å². The second-order valence-corrected chi connectivity index (χ2v) is 2.61. The number of hydrogen-bond donors (Lipinski definition) is 1. The Labute approximate surface area is 77.8 Å².